The second kappa shape index (κ2) is 4.74. The van der Waals surface area contributed by atoms with E-state index in [1.165, 1.54) is 13.3 Å². The Labute approximate surface area is 101 Å². The highest BCUT2D eigenvalue weighted by Gasteiger charge is 2.12. The van der Waals surface area contributed by atoms with Gasteiger partial charge in [-0.1, -0.05) is 0 Å². The van der Waals surface area contributed by atoms with E-state index in [4.69, 9.17) is 4.42 Å². The normalized spacial score (nSPS) is 10.3. The molecule has 0 saturated heterocycles. The maximum atomic E-state index is 11.7. The molecule has 0 bridgehead atoms. The predicted molar refractivity (Wildman–Crippen MR) is 62.2 cm³/mol. The van der Waals surface area contributed by atoms with Crippen molar-refractivity contribution in [2.24, 2.45) is 7.05 Å². The first-order valence-electron chi connectivity index (χ1n) is 5.19. The number of nitrogens with one attached hydrogen (secondary N) is 2. The zero-order valence-electron chi connectivity index (χ0n) is 9.60. The molecular formula is C11H11N3O4. The maximum Gasteiger partial charge on any atom is 0.328 e. The van der Waals surface area contributed by atoms with E-state index in [9.17, 15) is 14.4 Å². The van der Waals surface area contributed by atoms with Gasteiger partial charge in [0.1, 0.15) is 11.3 Å². The van der Waals surface area contributed by atoms with Crippen LogP contribution < -0.4 is 16.6 Å². The van der Waals surface area contributed by atoms with E-state index in [1.807, 2.05) is 0 Å². The molecule has 0 spiro atoms. The molecular weight excluding hydrogens is 238 g/mol. The Bertz CT molecular complexity index is 666. The molecule has 0 radical (unpaired) electrons. The minimum absolute atomic E-state index is 0.122. The zero-order valence-corrected chi connectivity index (χ0v) is 9.60. The van der Waals surface area contributed by atoms with E-state index in [2.05, 4.69) is 10.3 Å². The summed E-state index contributed by atoms with van der Waals surface area (Å²) in [6, 6.07) is 3.39. The number of rotatable bonds is 3. The van der Waals surface area contributed by atoms with Crippen LogP contribution in [0.4, 0.5) is 0 Å². The molecule has 1 amide bonds. The number of amides is 1. The fraction of sp³-hybridized carbons (Fsp3) is 0.182. The standard InChI is InChI=1S/C11H11N3O4/c1-14-10(16)8(6-13-11(14)17)9(15)12-5-7-3-2-4-18-7/h2-4,6H,5H2,1H3,(H,12,15)(H,13,17). The molecule has 0 aliphatic carbocycles. The molecule has 0 fully saturated rings. The molecule has 0 aliphatic rings. The van der Waals surface area contributed by atoms with E-state index < -0.39 is 17.2 Å². The van der Waals surface area contributed by atoms with Gasteiger partial charge in [0.25, 0.3) is 11.5 Å². The summed E-state index contributed by atoms with van der Waals surface area (Å²) in [4.78, 5) is 36.8. The summed E-state index contributed by atoms with van der Waals surface area (Å²) in [5.41, 5.74) is -1.33. The van der Waals surface area contributed by atoms with E-state index in [0.717, 1.165) is 10.8 Å². The summed E-state index contributed by atoms with van der Waals surface area (Å²) in [5, 5.41) is 2.52. The third-order valence-electron chi connectivity index (χ3n) is 2.43. The van der Waals surface area contributed by atoms with Gasteiger partial charge >= 0.3 is 5.69 Å². The van der Waals surface area contributed by atoms with Gasteiger partial charge in [-0.05, 0) is 12.1 Å². The van der Waals surface area contributed by atoms with Gasteiger partial charge in [0, 0.05) is 13.2 Å². The quantitative estimate of drug-likeness (QED) is 0.773. The lowest BCUT2D eigenvalue weighted by Crippen LogP contribution is -2.38. The Morgan fingerprint density at radius 1 is 1.50 bits per heavy atom. The number of H-pyrrole nitrogens is 1. The summed E-state index contributed by atoms with van der Waals surface area (Å²) in [7, 11) is 1.30. The molecule has 7 nitrogen and oxygen atoms in total. The van der Waals surface area contributed by atoms with Crippen LogP contribution in [0.3, 0.4) is 0 Å². The number of carbonyl (C=O) groups is 1. The van der Waals surface area contributed by atoms with E-state index in [1.54, 1.807) is 12.1 Å². The summed E-state index contributed by atoms with van der Waals surface area (Å²) in [5.74, 6) is 0.00727. The minimum atomic E-state index is -0.643. The van der Waals surface area contributed by atoms with Gasteiger partial charge in [-0.3, -0.25) is 14.2 Å². The molecule has 7 heteroatoms. The first kappa shape index (κ1) is 11.9. The minimum Gasteiger partial charge on any atom is -0.467 e. The Morgan fingerprint density at radius 3 is 2.94 bits per heavy atom. The van der Waals surface area contributed by atoms with Crippen LogP contribution >= 0.6 is 0 Å². The third kappa shape index (κ3) is 2.24. The fourth-order valence-corrected chi connectivity index (χ4v) is 1.40. The largest absolute Gasteiger partial charge is 0.467 e. The number of hydrogen-bond donors (Lipinski definition) is 2. The lowest BCUT2D eigenvalue weighted by molar-refractivity contribution is 0.0945. The highest BCUT2D eigenvalue weighted by molar-refractivity contribution is 5.93. The lowest BCUT2D eigenvalue weighted by atomic mass is 10.3. The predicted octanol–water partition coefficient (Wildman–Crippen LogP) is -0.403. The molecule has 18 heavy (non-hydrogen) atoms. The van der Waals surface area contributed by atoms with Crippen molar-refractivity contribution in [3.8, 4) is 0 Å². The Morgan fingerprint density at radius 2 is 2.28 bits per heavy atom. The van der Waals surface area contributed by atoms with Crippen LogP contribution in [0.15, 0.2) is 38.6 Å². The first-order chi connectivity index (χ1) is 8.59. The molecule has 0 atom stereocenters. The van der Waals surface area contributed by atoms with Crippen molar-refractivity contribution < 1.29 is 9.21 Å². The second-order valence-electron chi connectivity index (χ2n) is 3.63. The summed E-state index contributed by atoms with van der Waals surface area (Å²) in [6.07, 6.45) is 2.59. The number of carbonyl (C=O) groups excluding carboxylic acids is 1. The van der Waals surface area contributed by atoms with Gasteiger partial charge in [-0.25, -0.2) is 4.79 Å². The van der Waals surface area contributed by atoms with Crippen LogP contribution in [0.25, 0.3) is 0 Å². The smallest absolute Gasteiger partial charge is 0.328 e. The topological polar surface area (TPSA) is 97.1 Å². The third-order valence-corrected chi connectivity index (χ3v) is 2.43. The Balaban J connectivity index is 2.17. The van der Waals surface area contributed by atoms with Crippen LogP contribution in [0, 0.1) is 0 Å². The molecule has 0 saturated carbocycles. The van der Waals surface area contributed by atoms with Crippen LogP contribution in [0.2, 0.25) is 0 Å². The first-order valence-corrected chi connectivity index (χ1v) is 5.19. The number of hydrogen-bond acceptors (Lipinski definition) is 4. The van der Waals surface area contributed by atoms with Crippen molar-refractivity contribution in [2.75, 3.05) is 0 Å². The van der Waals surface area contributed by atoms with Crippen molar-refractivity contribution in [3.05, 3.63) is 56.8 Å². The number of nitrogens with zero attached hydrogens (tertiary/aromatic N) is 1. The van der Waals surface area contributed by atoms with Gasteiger partial charge in [0.15, 0.2) is 0 Å². The number of aromatic amines is 1. The van der Waals surface area contributed by atoms with Crippen molar-refractivity contribution in [1.82, 2.24) is 14.9 Å². The molecule has 0 aliphatic heterocycles. The van der Waals surface area contributed by atoms with Gasteiger partial charge in [0.05, 0.1) is 12.8 Å². The van der Waals surface area contributed by atoms with E-state index >= 15 is 0 Å². The Kier molecular flexibility index (Phi) is 3.13. The molecule has 0 unspecified atom stereocenters. The average molecular weight is 249 g/mol. The summed E-state index contributed by atoms with van der Waals surface area (Å²) < 4.78 is 5.87. The van der Waals surface area contributed by atoms with E-state index in [-0.39, 0.29) is 12.1 Å². The SMILES string of the molecule is Cn1c(=O)[nH]cc(C(=O)NCc2ccco2)c1=O. The molecule has 2 aromatic heterocycles. The van der Waals surface area contributed by atoms with Gasteiger partial charge < -0.3 is 14.7 Å². The maximum absolute atomic E-state index is 11.7. The lowest BCUT2D eigenvalue weighted by Gasteiger charge is -2.03. The van der Waals surface area contributed by atoms with Crippen LogP contribution in [0.5, 0.6) is 0 Å². The van der Waals surface area contributed by atoms with Crippen molar-refractivity contribution in [3.63, 3.8) is 0 Å². The molecule has 2 aromatic rings. The van der Waals surface area contributed by atoms with Crippen LogP contribution in [-0.2, 0) is 13.6 Å². The fourth-order valence-electron chi connectivity index (χ4n) is 1.40. The van der Waals surface area contributed by atoms with Crippen LogP contribution in [0.1, 0.15) is 16.1 Å². The molecule has 2 N–H and O–H groups in total. The molecule has 0 aromatic carbocycles. The highest BCUT2D eigenvalue weighted by atomic mass is 16.3. The van der Waals surface area contributed by atoms with Gasteiger partial charge in [0.2, 0.25) is 0 Å². The molecule has 2 heterocycles. The van der Waals surface area contributed by atoms with Crippen molar-refractivity contribution in [1.29, 1.82) is 0 Å². The summed E-state index contributed by atoms with van der Waals surface area (Å²) >= 11 is 0. The summed E-state index contributed by atoms with van der Waals surface area (Å²) in [6.45, 7) is 0.175. The van der Waals surface area contributed by atoms with E-state index in [0.29, 0.717) is 5.76 Å². The van der Waals surface area contributed by atoms with Crippen molar-refractivity contribution >= 4 is 5.91 Å². The Hall–Kier alpha value is -2.57. The van der Waals surface area contributed by atoms with Gasteiger partial charge in [-0.15, -0.1) is 0 Å². The number of furan rings is 1. The molecule has 2 rings (SSSR count). The van der Waals surface area contributed by atoms with Gasteiger partial charge in [-0.2, -0.15) is 0 Å². The van der Waals surface area contributed by atoms with Crippen molar-refractivity contribution in [2.45, 2.75) is 6.54 Å². The monoisotopic (exact) mass is 249 g/mol. The zero-order chi connectivity index (χ0) is 13.1. The average Bonchev–Trinajstić information content (AvgIpc) is 2.86. The highest BCUT2D eigenvalue weighted by Crippen LogP contribution is 1.99. The van der Waals surface area contributed by atoms with Crippen LogP contribution in [-0.4, -0.2) is 15.5 Å². The second-order valence-corrected chi connectivity index (χ2v) is 3.63. The molecule has 94 valence electrons. The number of aromatic nitrogens is 2.